The van der Waals surface area contributed by atoms with Crippen LogP contribution in [0.2, 0.25) is 0 Å². The average molecular weight is 415 g/mol. The van der Waals surface area contributed by atoms with Crippen LogP contribution in [0.4, 0.5) is 9.59 Å². The molecule has 0 spiro atoms. The van der Waals surface area contributed by atoms with Crippen molar-refractivity contribution in [3.8, 4) is 6.07 Å². The lowest BCUT2D eigenvalue weighted by Crippen LogP contribution is -2.49. The summed E-state index contributed by atoms with van der Waals surface area (Å²) < 4.78 is 1.41. The van der Waals surface area contributed by atoms with Gasteiger partial charge in [-0.2, -0.15) is 5.26 Å². The third-order valence-corrected chi connectivity index (χ3v) is 3.89. The fourth-order valence-corrected chi connectivity index (χ4v) is 3.46. The maximum Gasteiger partial charge on any atom is 0.416 e. The molecule has 1 unspecified atom stereocenters. The van der Waals surface area contributed by atoms with Crippen LogP contribution in [0.15, 0.2) is 38.4 Å². The highest BCUT2D eigenvalue weighted by Crippen LogP contribution is 2.35. The molecule has 1 aliphatic rings. The number of rotatable bonds is 1. The van der Waals surface area contributed by atoms with E-state index in [1.54, 1.807) is 25.1 Å². The number of carbonyl (C=O) groups excluding carboxylic acids is 1. The Morgan fingerprint density at radius 1 is 1.38 bits per heavy atom. The van der Waals surface area contributed by atoms with Gasteiger partial charge in [-0.15, -0.1) is 0 Å². The quantitative estimate of drug-likeness (QED) is 0.731. The maximum atomic E-state index is 11.9. The Morgan fingerprint density at radius 3 is 2.43 bits per heavy atom. The molecule has 1 aromatic rings. The number of hydrogen-bond acceptors (Lipinski definition) is 3. The molecule has 0 radical (unpaired) electrons. The second kappa shape index (κ2) is 5.87. The Morgan fingerprint density at radius 2 is 1.95 bits per heavy atom. The van der Waals surface area contributed by atoms with Gasteiger partial charge in [-0.3, -0.25) is 0 Å². The van der Waals surface area contributed by atoms with Crippen molar-refractivity contribution in [1.82, 2.24) is 10.2 Å². The third-order valence-electron chi connectivity index (χ3n) is 2.98. The van der Waals surface area contributed by atoms with E-state index >= 15 is 0 Å². The molecule has 1 atom stereocenters. The molecule has 1 aromatic carbocycles. The predicted octanol–water partition coefficient (Wildman–Crippen LogP) is 3.75. The molecule has 0 fully saturated rings. The maximum absolute atomic E-state index is 11.9. The molecule has 0 saturated heterocycles. The predicted molar refractivity (Wildman–Crippen MR) is 81.3 cm³/mol. The van der Waals surface area contributed by atoms with Crippen LogP contribution in [0.25, 0.3) is 0 Å². The highest BCUT2D eigenvalue weighted by Gasteiger charge is 2.39. The molecular formula is C13H9Br2N3O3. The van der Waals surface area contributed by atoms with Gasteiger partial charge in [0.2, 0.25) is 0 Å². The molecule has 6 nitrogen and oxygen atoms in total. The summed E-state index contributed by atoms with van der Waals surface area (Å²) in [7, 11) is 0. The number of carbonyl (C=O) groups is 2. The molecule has 0 bridgehead atoms. The van der Waals surface area contributed by atoms with Crippen LogP contribution < -0.4 is 5.32 Å². The van der Waals surface area contributed by atoms with E-state index < -0.39 is 18.2 Å². The fraction of sp³-hybridized carbons (Fsp3) is 0.154. The standard InChI is InChI=1S/C13H9Br2N3O3/c1-6-10(5-16)11(18(13(20)21)12(19)17-6)7-2-8(14)4-9(15)3-7/h2-4,11H,1H3,(H,17,19)(H,20,21). The van der Waals surface area contributed by atoms with Crippen molar-refractivity contribution in [1.29, 1.82) is 5.26 Å². The van der Waals surface area contributed by atoms with Crippen LogP contribution in [-0.2, 0) is 0 Å². The Hall–Kier alpha value is -1.85. The number of carboxylic acid groups (broad SMARTS) is 1. The van der Waals surface area contributed by atoms with E-state index in [0.717, 1.165) is 0 Å². The van der Waals surface area contributed by atoms with Crippen LogP contribution in [0, 0.1) is 11.3 Å². The molecule has 2 N–H and O–H groups in total. The SMILES string of the molecule is CC1=C(C#N)C(c2cc(Br)cc(Br)c2)N(C(=O)O)C(=O)N1. The van der Waals surface area contributed by atoms with Crippen molar-refractivity contribution < 1.29 is 14.7 Å². The molecule has 0 saturated carbocycles. The van der Waals surface area contributed by atoms with Crippen molar-refractivity contribution in [2.75, 3.05) is 0 Å². The van der Waals surface area contributed by atoms with Crippen LogP contribution in [0.3, 0.4) is 0 Å². The summed E-state index contributed by atoms with van der Waals surface area (Å²) in [5.74, 6) is 0. The number of urea groups is 1. The van der Waals surface area contributed by atoms with Gasteiger partial charge in [0.05, 0.1) is 11.6 Å². The Labute approximate surface area is 137 Å². The van der Waals surface area contributed by atoms with Crippen LogP contribution >= 0.6 is 31.9 Å². The highest BCUT2D eigenvalue weighted by molar-refractivity contribution is 9.11. The van der Waals surface area contributed by atoms with Gasteiger partial charge in [0, 0.05) is 14.6 Å². The van der Waals surface area contributed by atoms with Gasteiger partial charge in [-0.1, -0.05) is 31.9 Å². The lowest BCUT2D eigenvalue weighted by molar-refractivity contribution is 0.136. The number of amides is 3. The topological polar surface area (TPSA) is 93.4 Å². The fourth-order valence-electron chi connectivity index (χ4n) is 2.13. The number of nitrogens with one attached hydrogen (secondary N) is 1. The van der Waals surface area contributed by atoms with Crippen molar-refractivity contribution in [2.45, 2.75) is 13.0 Å². The molecule has 1 aliphatic heterocycles. The first kappa shape index (κ1) is 15.5. The van der Waals surface area contributed by atoms with E-state index in [-0.39, 0.29) is 5.57 Å². The Kier molecular flexibility index (Phi) is 4.34. The molecular weight excluding hydrogens is 406 g/mol. The van der Waals surface area contributed by atoms with E-state index in [9.17, 15) is 20.0 Å². The zero-order valence-electron chi connectivity index (χ0n) is 10.7. The van der Waals surface area contributed by atoms with Gasteiger partial charge in [-0.25, -0.2) is 14.5 Å². The summed E-state index contributed by atoms with van der Waals surface area (Å²) >= 11 is 6.63. The number of allylic oxidation sites excluding steroid dienone is 1. The van der Waals surface area contributed by atoms with Gasteiger partial charge < -0.3 is 10.4 Å². The van der Waals surface area contributed by atoms with E-state index in [1.165, 1.54) is 0 Å². The van der Waals surface area contributed by atoms with Crippen LogP contribution in [0.1, 0.15) is 18.5 Å². The summed E-state index contributed by atoms with van der Waals surface area (Å²) in [4.78, 5) is 23.9. The first-order valence-electron chi connectivity index (χ1n) is 5.75. The zero-order chi connectivity index (χ0) is 15.7. The molecule has 108 valence electrons. The van der Waals surface area contributed by atoms with Crippen LogP contribution in [0.5, 0.6) is 0 Å². The van der Waals surface area contributed by atoms with Crippen LogP contribution in [-0.4, -0.2) is 22.1 Å². The van der Waals surface area contributed by atoms with E-state index in [2.05, 4.69) is 37.2 Å². The number of halogens is 2. The third kappa shape index (κ3) is 2.94. The van der Waals surface area contributed by atoms with Gasteiger partial charge in [0.1, 0.15) is 6.04 Å². The van der Waals surface area contributed by atoms with Gasteiger partial charge in [0.15, 0.2) is 0 Å². The summed E-state index contributed by atoms with van der Waals surface area (Å²) in [5.41, 5.74) is 1.05. The summed E-state index contributed by atoms with van der Waals surface area (Å²) in [6.07, 6.45) is -1.42. The molecule has 0 aliphatic carbocycles. The number of hydrogen-bond donors (Lipinski definition) is 2. The molecule has 3 amide bonds. The van der Waals surface area contributed by atoms with Crippen molar-refractivity contribution in [3.05, 3.63) is 44.0 Å². The first-order chi connectivity index (χ1) is 9.85. The lowest BCUT2D eigenvalue weighted by Gasteiger charge is -2.33. The Balaban J connectivity index is 2.68. The number of nitriles is 1. The summed E-state index contributed by atoms with van der Waals surface area (Å²) in [6, 6.07) is 5.35. The minimum absolute atomic E-state index is 0.182. The normalized spacial score (nSPS) is 18.3. The molecule has 1 heterocycles. The molecule has 0 aromatic heterocycles. The Bertz CT molecular complexity index is 689. The first-order valence-corrected chi connectivity index (χ1v) is 7.33. The smallest absolute Gasteiger partial charge is 0.416 e. The van der Waals surface area contributed by atoms with Gasteiger partial charge in [0.25, 0.3) is 0 Å². The molecule has 8 heteroatoms. The van der Waals surface area contributed by atoms with Gasteiger partial charge in [-0.05, 0) is 30.7 Å². The second-order valence-corrected chi connectivity index (χ2v) is 6.17. The highest BCUT2D eigenvalue weighted by atomic mass is 79.9. The van der Waals surface area contributed by atoms with E-state index in [1.807, 2.05) is 6.07 Å². The minimum Gasteiger partial charge on any atom is -0.465 e. The number of imide groups is 1. The minimum atomic E-state index is -1.42. The second-order valence-electron chi connectivity index (χ2n) is 4.34. The monoisotopic (exact) mass is 413 g/mol. The van der Waals surface area contributed by atoms with E-state index in [4.69, 9.17) is 0 Å². The average Bonchev–Trinajstić information content (AvgIpc) is 2.36. The van der Waals surface area contributed by atoms with Crippen molar-refractivity contribution in [2.24, 2.45) is 0 Å². The largest absolute Gasteiger partial charge is 0.465 e. The lowest BCUT2D eigenvalue weighted by atomic mass is 9.95. The molecule has 21 heavy (non-hydrogen) atoms. The number of nitrogens with zero attached hydrogens (tertiary/aromatic N) is 2. The van der Waals surface area contributed by atoms with E-state index in [0.29, 0.717) is 25.1 Å². The van der Waals surface area contributed by atoms with Crippen molar-refractivity contribution in [3.63, 3.8) is 0 Å². The zero-order valence-corrected chi connectivity index (χ0v) is 13.9. The number of benzene rings is 1. The molecule has 2 rings (SSSR count). The summed E-state index contributed by atoms with van der Waals surface area (Å²) in [6.45, 7) is 1.57. The van der Waals surface area contributed by atoms with Gasteiger partial charge >= 0.3 is 12.1 Å². The summed E-state index contributed by atoms with van der Waals surface area (Å²) in [5, 5.41) is 21.0. The van der Waals surface area contributed by atoms with Crippen molar-refractivity contribution >= 4 is 44.0 Å².